The monoisotopic (exact) mass is 304 g/mol. The number of hydrogen-bond acceptors (Lipinski definition) is 3. The van der Waals surface area contributed by atoms with E-state index >= 15 is 0 Å². The fourth-order valence-corrected chi connectivity index (χ4v) is 4.30. The van der Waals surface area contributed by atoms with Gasteiger partial charge in [0.1, 0.15) is 0 Å². The highest BCUT2D eigenvalue weighted by Crippen LogP contribution is 2.24. The van der Waals surface area contributed by atoms with E-state index < -0.39 is 0 Å². The molecule has 0 aromatic heterocycles. The van der Waals surface area contributed by atoms with E-state index in [0.717, 1.165) is 12.6 Å². The Hall–Kier alpha value is -0.510. The molecule has 1 saturated heterocycles. The van der Waals surface area contributed by atoms with E-state index in [-0.39, 0.29) is 0 Å². The van der Waals surface area contributed by atoms with Gasteiger partial charge in [0.15, 0.2) is 0 Å². The highest BCUT2D eigenvalue weighted by Gasteiger charge is 2.24. The molecule has 116 valence electrons. The van der Waals surface area contributed by atoms with Gasteiger partial charge < -0.3 is 0 Å². The van der Waals surface area contributed by atoms with Crippen LogP contribution in [0.4, 0.5) is 0 Å². The van der Waals surface area contributed by atoms with Crippen LogP contribution in [0.1, 0.15) is 37.7 Å². The van der Waals surface area contributed by atoms with E-state index in [1.807, 2.05) is 11.8 Å². The van der Waals surface area contributed by atoms with Crippen LogP contribution in [0.15, 0.2) is 29.2 Å². The second-order valence-electron chi connectivity index (χ2n) is 6.46. The van der Waals surface area contributed by atoms with Gasteiger partial charge in [0.05, 0.1) is 0 Å². The molecule has 0 atom stereocenters. The minimum Gasteiger partial charge on any atom is -0.299 e. The second-order valence-corrected chi connectivity index (χ2v) is 7.34. The molecular weight excluding hydrogens is 276 g/mol. The number of thioether (sulfide) groups is 1. The van der Waals surface area contributed by atoms with Crippen LogP contribution in [0.3, 0.4) is 0 Å². The van der Waals surface area contributed by atoms with Crippen molar-refractivity contribution in [1.82, 2.24) is 9.80 Å². The fraction of sp³-hybridized carbons (Fsp3) is 0.667. The van der Waals surface area contributed by atoms with Crippen molar-refractivity contribution in [2.45, 2.75) is 49.6 Å². The molecule has 21 heavy (non-hydrogen) atoms. The van der Waals surface area contributed by atoms with Gasteiger partial charge in [-0.1, -0.05) is 25.0 Å². The summed E-state index contributed by atoms with van der Waals surface area (Å²) in [6, 6.07) is 9.93. The molecular formula is C18H28N2S. The normalized spacial score (nSPS) is 22.5. The molecule has 0 N–H and O–H groups in total. The Bertz CT molecular complexity index is 443. The van der Waals surface area contributed by atoms with Gasteiger partial charge in [-0.2, -0.15) is 0 Å². The van der Waals surface area contributed by atoms with Crippen molar-refractivity contribution in [3.8, 4) is 0 Å². The third-order valence-electron chi connectivity index (χ3n) is 5.00. The van der Waals surface area contributed by atoms with Crippen LogP contribution in [0.5, 0.6) is 0 Å². The number of benzene rings is 1. The van der Waals surface area contributed by atoms with Crippen LogP contribution in [0.25, 0.3) is 0 Å². The Morgan fingerprint density at radius 3 is 2.71 bits per heavy atom. The lowest BCUT2D eigenvalue weighted by Gasteiger charge is -2.27. The lowest BCUT2D eigenvalue weighted by molar-refractivity contribution is 0.198. The first-order valence-electron chi connectivity index (χ1n) is 8.44. The van der Waals surface area contributed by atoms with Gasteiger partial charge in [-0.25, -0.2) is 0 Å². The minimum atomic E-state index is 0.893. The Morgan fingerprint density at radius 2 is 1.90 bits per heavy atom. The third kappa shape index (κ3) is 4.24. The summed E-state index contributed by atoms with van der Waals surface area (Å²) in [6.45, 7) is 6.19. The van der Waals surface area contributed by atoms with Gasteiger partial charge in [-0.15, -0.1) is 11.8 Å². The Morgan fingerprint density at radius 1 is 1.05 bits per heavy atom. The third-order valence-corrected chi connectivity index (χ3v) is 5.73. The summed E-state index contributed by atoms with van der Waals surface area (Å²) < 4.78 is 0. The molecule has 1 aromatic carbocycles. The van der Waals surface area contributed by atoms with Gasteiger partial charge in [-0.05, 0) is 56.3 Å². The molecule has 0 spiro atoms. The van der Waals surface area contributed by atoms with Crippen molar-refractivity contribution < 1.29 is 0 Å². The highest BCUT2D eigenvalue weighted by atomic mass is 32.2. The zero-order valence-electron chi connectivity index (χ0n) is 13.3. The zero-order chi connectivity index (χ0) is 14.5. The Kier molecular flexibility index (Phi) is 5.61. The van der Waals surface area contributed by atoms with Gasteiger partial charge in [0.2, 0.25) is 0 Å². The van der Waals surface area contributed by atoms with E-state index in [2.05, 4.69) is 40.3 Å². The number of nitrogens with zero attached hydrogens (tertiary/aromatic N) is 2. The summed E-state index contributed by atoms with van der Waals surface area (Å²) in [6.07, 6.45) is 9.27. The van der Waals surface area contributed by atoms with Crippen molar-refractivity contribution in [1.29, 1.82) is 0 Å². The summed E-state index contributed by atoms with van der Waals surface area (Å²) in [4.78, 5) is 6.80. The standard InChI is InChI=1S/C18H28N2S/c1-21-18-9-4-6-16(14-18)15-19-10-5-11-20(13-12-19)17-7-2-3-8-17/h4,6,9,14,17H,2-3,5,7-8,10-13,15H2,1H3. The maximum atomic E-state index is 2.77. The molecule has 3 rings (SSSR count). The molecule has 1 aliphatic heterocycles. The van der Waals surface area contributed by atoms with Crippen molar-refractivity contribution in [3.05, 3.63) is 29.8 Å². The predicted octanol–water partition coefficient (Wildman–Crippen LogP) is 3.86. The van der Waals surface area contributed by atoms with Crippen molar-refractivity contribution in [3.63, 3.8) is 0 Å². The quantitative estimate of drug-likeness (QED) is 0.780. The van der Waals surface area contributed by atoms with Gasteiger partial charge >= 0.3 is 0 Å². The SMILES string of the molecule is CSc1cccc(CN2CCCN(C3CCCC3)CC2)c1. The number of hydrogen-bond donors (Lipinski definition) is 0. The molecule has 1 aliphatic carbocycles. The zero-order valence-corrected chi connectivity index (χ0v) is 14.1. The first-order valence-corrected chi connectivity index (χ1v) is 9.67. The van der Waals surface area contributed by atoms with Crippen molar-refractivity contribution >= 4 is 11.8 Å². The van der Waals surface area contributed by atoms with Crippen LogP contribution in [0.2, 0.25) is 0 Å². The molecule has 1 saturated carbocycles. The maximum absolute atomic E-state index is 2.77. The molecule has 2 aliphatic rings. The number of rotatable bonds is 4. The highest BCUT2D eigenvalue weighted by molar-refractivity contribution is 7.98. The van der Waals surface area contributed by atoms with Crippen LogP contribution >= 0.6 is 11.8 Å². The van der Waals surface area contributed by atoms with Crippen LogP contribution in [-0.4, -0.2) is 48.3 Å². The first-order chi connectivity index (χ1) is 10.3. The van der Waals surface area contributed by atoms with Crippen molar-refractivity contribution in [2.75, 3.05) is 32.4 Å². The van der Waals surface area contributed by atoms with Crippen LogP contribution < -0.4 is 0 Å². The summed E-state index contributed by atoms with van der Waals surface area (Å²) in [5.74, 6) is 0. The molecule has 0 radical (unpaired) electrons. The lowest BCUT2D eigenvalue weighted by atomic mass is 10.2. The molecule has 0 amide bonds. The van der Waals surface area contributed by atoms with Crippen molar-refractivity contribution in [2.24, 2.45) is 0 Å². The Labute approximate surface area is 133 Å². The molecule has 3 heteroatoms. The van der Waals surface area contributed by atoms with Gasteiger partial charge in [0.25, 0.3) is 0 Å². The summed E-state index contributed by atoms with van der Waals surface area (Å²) in [7, 11) is 0. The maximum Gasteiger partial charge on any atom is 0.0234 e. The average Bonchev–Trinajstić information content (AvgIpc) is 2.95. The second kappa shape index (κ2) is 7.66. The van der Waals surface area contributed by atoms with E-state index in [1.165, 1.54) is 68.7 Å². The lowest BCUT2D eigenvalue weighted by Crippen LogP contribution is -2.36. The van der Waals surface area contributed by atoms with E-state index in [1.54, 1.807) is 0 Å². The Balaban J connectivity index is 1.54. The fourth-order valence-electron chi connectivity index (χ4n) is 3.81. The van der Waals surface area contributed by atoms with Gasteiger partial charge in [-0.3, -0.25) is 9.80 Å². The summed E-state index contributed by atoms with van der Waals surface area (Å²) in [5.41, 5.74) is 1.47. The molecule has 0 bridgehead atoms. The molecule has 1 aromatic rings. The largest absolute Gasteiger partial charge is 0.299 e. The predicted molar refractivity (Wildman–Crippen MR) is 91.9 cm³/mol. The molecule has 2 fully saturated rings. The first kappa shape index (κ1) is 15.4. The summed E-state index contributed by atoms with van der Waals surface area (Å²) >= 11 is 1.84. The summed E-state index contributed by atoms with van der Waals surface area (Å²) in [5, 5.41) is 0. The van der Waals surface area contributed by atoms with Crippen LogP contribution in [-0.2, 0) is 6.54 Å². The average molecular weight is 305 g/mol. The molecule has 1 heterocycles. The molecule has 2 nitrogen and oxygen atoms in total. The minimum absolute atomic E-state index is 0.893. The van der Waals surface area contributed by atoms with E-state index in [9.17, 15) is 0 Å². The topological polar surface area (TPSA) is 6.48 Å². The van der Waals surface area contributed by atoms with E-state index in [0.29, 0.717) is 0 Å². The van der Waals surface area contributed by atoms with Crippen LogP contribution in [0, 0.1) is 0 Å². The smallest absolute Gasteiger partial charge is 0.0234 e. The van der Waals surface area contributed by atoms with Gasteiger partial charge in [0, 0.05) is 30.6 Å². The molecule has 0 unspecified atom stereocenters. The van der Waals surface area contributed by atoms with E-state index in [4.69, 9.17) is 0 Å².